The minimum Gasteiger partial charge on any atom is -0.360 e. The molecule has 0 spiro atoms. The van der Waals surface area contributed by atoms with Crippen LogP contribution in [0.5, 0.6) is 0 Å². The third-order valence-corrected chi connectivity index (χ3v) is 4.96. The zero-order valence-electron chi connectivity index (χ0n) is 14.3. The Labute approximate surface area is 138 Å². The first-order chi connectivity index (χ1) is 11.1. The first kappa shape index (κ1) is 16.5. The Kier molecular flexibility index (Phi) is 5.36. The van der Waals surface area contributed by atoms with Crippen molar-refractivity contribution < 1.29 is 9.32 Å². The lowest BCUT2D eigenvalue weighted by Gasteiger charge is -2.29. The first-order valence-electron chi connectivity index (χ1n) is 9.12. The van der Waals surface area contributed by atoms with Crippen molar-refractivity contribution >= 4 is 5.91 Å². The van der Waals surface area contributed by atoms with Gasteiger partial charge in [0.15, 0.2) is 5.69 Å². The van der Waals surface area contributed by atoms with E-state index in [1.165, 1.54) is 6.42 Å². The van der Waals surface area contributed by atoms with Crippen LogP contribution in [0.15, 0.2) is 10.6 Å². The fourth-order valence-electron chi connectivity index (χ4n) is 3.23. The third-order valence-electron chi connectivity index (χ3n) is 4.96. The highest BCUT2D eigenvalue weighted by Crippen LogP contribution is 2.40. The van der Waals surface area contributed by atoms with Crippen LogP contribution in [-0.2, 0) is 0 Å². The summed E-state index contributed by atoms with van der Waals surface area (Å²) >= 11 is 0. The zero-order chi connectivity index (χ0) is 16.2. The number of hydrogen-bond donors (Lipinski definition) is 2. The number of amides is 1. The number of nitrogens with one attached hydrogen (secondary N) is 2. The second-order valence-electron chi connectivity index (χ2n) is 7.55. The lowest BCUT2D eigenvalue weighted by molar-refractivity contribution is 0.0915. The van der Waals surface area contributed by atoms with Crippen molar-refractivity contribution in [3.8, 4) is 0 Å². The summed E-state index contributed by atoms with van der Waals surface area (Å²) in [7, 11) is 0. The number of hydrogen-bond acceptors (Lipinski definition) is 4. The molecule has 128 valence electrons. The minimum absolute atomic E-state index is 0.0862. The van der Waals surface area contributed by atoms with Crippen LogP contribution in [-0.4, -0.2) is 29.7 Å². The Bertz CT molecular complexity index is 514. The monoisotopic (exact) mass is 319 g/mol. The fourth-order valence-corrected chi connectivity index (χ4v) is 3.23. The van der Waals surface area contributed by atoms with Crippen molar-refractivity contribution in [1.29, 1.82) is 0 Å². The molecule has 0 unspecified atom stereocenters. The van der Waals surface area contributed by atoms with Crippen molar-refractivity contribution in [2.24, 2.45) is 5.92 Å². The van der Waals surface area contributed by atoms with E-state index < -0.39 is 0 Å². The second kappa shape index (κ2) is 7.47. The number of nitrogens with zero attached hydrogens (tertiary/aromatic N) is 1. The van der Waals surface area contributed by atoms with Crippen LogP contribution >= 0.6 is 0 Å². The quantitative estimate of drug-likeness (QED) is 0.810. The van der Waals surface area contributed by atoms with Crippen LogP contribution in [0.4, 0.5) is 0 Å². The Morgan fingerprint density at radius 2 is 1.91 bits per heavy atom. The van der Waals surface area contributed by atoms with E-state index in [0.717, 1.165) is 56.7 Å². The molecule has 1 heterocycles. The average molecular weight is 319 g/mol. The molecule has 2 aliphatic rings. The Morgan fingerprint density at radius 3 is 2.57 bits per heavy atom. The van der Waals surface area contributed by atoms with Gasteiger partial charge < -0.3 is 15.2 Å². The van der Waals surface area contributed by atoms with Gasteiger partial charge in [-0.05, 0) is 57.4 Å². The number of aromatic nitrogens is 1. The van der Waals surface area contributed by atoms with E-state index >= 15 is 0 Å². The highest BCUT2D eigenvalue weighted by atomic mass is 16.5. The Hall–Kier alpha value is -1.36. The van der Waals surface area contributed by atoms with Gasteiger partial charge in [-0.15, -0.1) is 0 Å². The number of carbonyl (C=O) groups excluding carboxylic acids is 1. The van der Waals surface area contributed by atoms with Crippen LogP contribution in [0.25, 0.3) is 0 Å². The summed E-state index contributed by atoms with van der Waals surface area (Å²) in [4.78, 5) is 12.2. The van der Waals surface area contributed by atoms with Gasteiger partial charge in [-0.1, -0.05) is 19.0 Å². The summed E-state index contributed by atoms with van der Waals surface area (Å²) in [6.45, 7) is 5.61. The van der Waals surface area contributed by atoms with Crippen LogP contribution in [0.2, 0.25) is 0 Å². The van der Waals surface area contributed by atoms with E-state index in [2.05, 4.69) is 29.6 Å². The van der Waals surface area contributed by atoms with Crippen molar-refractivity contribution in [2.45, 2.75) is 76.8 Å². The third kappa shape index (κ3) is 4.80. The molecular weight excluding hydrogens is 290 g/mol. The average Bonchev–Trinajstić information content (AvgIpc) is 3.26. The fraction of sp³-hybridized carbons (Fsp3) is 0.778. The van der Waals surface area contributed by atoms with Crippen LogP contribution in [0.1, 0.15) is 81.0 Å². The summed E-state index contributed by atoms with van der Waals surface area (Å²) < 4.78 is 5.26. The highest BCUT2D eigenvalue weighted by molar-refractivity contribution is 5.92. The van der Waals surface area contributed by atoms with Gasteiger partial charge >= 0.3 is 0 Å². The smallest absolute Gasteiger partial charge is 0.273 e. The number of rotatable bonds is 7. The lowest BCUT2D eigenvalue weighted by Crippen LogP contribution is -2.42. The molecule has 2 fully saturated rings. The molecule has 1 aromatic rings. The predicted molar refractivity (Wildman–Crippen MR) is 89.4 cm³/mol. The topological polar surface area (TPSA) is 67.2 Å². The van der Waals surface area contributed by atoms with Crippen molar-refractivity contribution in [3.63, 3.8) is 0 Å². The van der Waals surface area contributed by atoms with Gasteiger partial charge in [0.05, 0.1) is 0 Å². The van der Waals surface area contributed by atoms with Gasteiger partial charge in [-0.2, -0.15) is 0 Å². The molecule has 0 radical (unpaired) electrons. The van der Waals surface area contributed by atoms with Crippen molar-refractivity contribution in [2.75, 3.05) is 6.54 Å². The lowest BCUT2D eigenvalue weighted by atomic mass is 9.91. The molecule has 2 N–H and O–H groups in total. The van der Waals surface area contributed by atoms with Gasteiger partial charge in [0.2, 0.25) is 0 Å². The standard InChI is InChI=1S/C18H29N3O2/c1-12(2)9-10-19-14-5-7-15(8-6-14)20-18(22)16-11-17(23-21-16)13-3-4-13/h11-15,19H,3-10H2,1-2H3,(H,20,22)/t14-,15-. The number of carbonyl (C=O) groups is 1. The van der Waals surface area contributed by atoms with E-state index in [1.807, 2.05) is 6.07 Å². The molecule has 1 amide bonds. The molecule has 5 heteroatoms. The second-order valence-corrected chi connectivity index (χ2v) is 7.55. The molecule has 1 aromatic heterocycles. The molecule has 2 saturated carbocycles. The molecule has 0 bridgehead atoms. The zero-order valence-corrected chi connectivity index (χ0v) is 14.3. The van der Waals surface area contributed by atoms with E-state index in [9.17, 15) is 4.79 Å². The summed E-state index contributed by atoms with van der Waals surface area (Å²) in [5, 5.41) is 10.7. The summed E-state index contributed by atoms with van der Waals surface area (Å²) in [6.07, 6.45) is 7.89. The highest BCUT2D eigenvalue weighted by Gasteiger charge is 2.29. The first-order valence-corrected chi connectivity index (χ1v) is 9.12. The predicted octanol–water partition coefficient (Wildman–Crippen LogP) is 3.23. The summed E-state index contributed by atoms with van der Waals surface area (Å²) in [5.74, 6) is 2.03. The van der Waals surface area contributed by atoms with Crippen LogP contribution in [0, 0.1) is 5.92 Å². The minimum atomic E-state index is -0.0862. The summed E-state index contributed by atoms with van der Waals surface area (Å²) in [5.41, 5.74) is 0.434. The molecule has 2 aliphatic carbocycles. The Balaban J connectivity index is 1.38. The molecule has 0 aromatic carbocycles. The Morgan fingerprint density at radius 1 is 1.22 bits per heavy atom. The molecule has 0 atom stereocenters. The molecular formula is C18H29N3O2. The van der Waals surface area contributed by atoms with Crippen molar-refractivity contribution in [3.05, 3.63) is 17.5 Å². The SMILES string of the molecule is CC(C)CCN[C@H]1CC[C@H](NC(=O)c2cc(C3CC3)on2)CC1. The summed E-state index contributed by atoms with van der Waals surface area (Å²) in [6, 6.07) is 2.69. The molecule has 0 aliphatic heterocycles. The molecule has 3 rings (SSSR count). The maximum Gasteiger partial charge on any atom is 0.273 e. The largest absolute Gasteiger partial charge is 0.360 e. The van der Waals surface area contributed by atoms with E-state index in [4.69, 9.17) is 4.52 Å². The molecule has 5 nitrogen and oxygen atoms in total. The van der Waals surface area contributed by atoms with Gasteiger partial charge in [-0.3, -0.25) is 4.79 Å². The van der Waals surface area contributed by atoms with E-state index in [1.54, 1.807) is 0 Å². The van der Waals surface area contributed by atoms with E-state index in [-0.39, 0.29) is 11.9 Å². The van der Waals surface area contributed by atoms with E-state index in [0.29, 0.717) is 17.7 Å². The molecule has 23 heavy (non-hydrogen) atoms. The van der Waals surface area contributed by atoms with Crippen molar-refractivity contribution in [1.82, 2.24) is 15.8 Å². The van der Waals surface area contributed by atoms with Gasteiger partial charge in [0, 0.05) is 24.1 Å². The maximum atomic E-state index is 12.2. The van der Waals surface area contributed by atoms with Gasteiger partial charge in [-0.25, -0.2) is 0 Å². The van der Waals surface area contributed by atoms with Gasteiger partial charge in [0.1, 0.15) is 5.76 Å². The molecule has 0 saturated heterocycles. The normalized spacial score (nSPS) is 24.8. The maximum absolute atomic E-state index is 12.2. The van der Waals surface area contributed by atoms with Gasteiger partial charge in [0.25, 0.3) is 5.91 Å². The van der Waals surface area contributed by atoms with Crippen LogP contribution < -0.4 is 10.6 Å². The van der Waals surface area contributed by atoms with Crippen LogP contribution in [0.3, 0.4) is 0 Å².